The third kappa shape index (κ3) is 3.43. The highest BCUT2D eigenvalue weighted by Gasteiger charge is 2.24. The van der Waals surface area contributed by atoms with E-state index in [0.29, 0.717) is 18.7 Å². The van der Waals surface area contributed by atoms with E-state index < -0.39 is 10.0 Å². The fourth-order valence-electron chi connectivity index (χ4n) is 2.21. The van der Waals surface area contributed by atoms with Gasteiger partial charge >= 0.3 is 0 Å². The fraction of sp³-hybridized carbons (Fsp3) is 0.583. The van der Waals surface area contributed by atoms with Crippen molar-refractivity contribution in [3.63, 3.8) is 0 Å². The Morgan fingerprint density at radius 3 is 2.89 bits per heavy atom. The number of nitrogens with zero attached hydrogens (tertiary/aromatic N) is 1. The molecule has 1 atom stereocenters. The summed E-state index contributed by atoms with van der Waals surface area (Å²) in [5.74, 6) is 0.341. The molecule has 1 aliphatic rings. The van der Waals surface area contributed by atoms with Gasteiger partial charge in [0.15, 0.2) is 12.0 Å². The standard InChI is InChI=1S/C12H18N2O4S/c1-2-14-6-5-10(8-14)7-13-19(16,17)12-4-3-11(9-15)18-12/h3-4,9-10,13H,2,5-8H2,1H3. The number of carbonyl (C=O) groups is 1. The molecule has 0 amide bonds. The lowest BCUT2D eigenvalue weighted by molar-refractivity contribution is 0.109. The third-order valence-electron chi connectivity index (χ3n) is 3.36. The smallest absolute Gasteiger partial charge is 0.273 e. The van der Waals surface area contributed by atoms with Crippen molar-refractivity contribution in [1.82, 2.24) is 9.62 Å². The van der Waals surface area contributed by atoms with Crippen LogP contribution in [0, 0.1) is 5.92 Å². The molecular weight excluding hydrogens is 268 g/mol. The summed E-state index contributed by atoms with van der Waals surface area (Å²) >= 11 is 0. The second-order valence-electron chi connectivity index (χ2n) is 4.67. The lowest BCUT2D eigenvalue weighted by atomic mass is 10.1. The molecule has 19 heavy (non-hydrogen) atoms. The fourth-order valence-corrected chi connectivity index (χ4v) is 3.26. The molecule has 7 heteroatoms. The van der Waals surface area contributed by atoms with Gasteiger partial charge in [0.1, 0.15) is 0 Å². The lowest BCUT2D eigenvalue weighted by Gasteiger charge is -2.13. The summed E-state index contributed by atoms with van der Waals surface area (Å²) in [5, 5.41) is -0.208. The molecule has 0 saturated carbocycles. The van der Waals surface area contributed by atoms with Crippen LogP contribution in [0.4, 0.5) is 0 Å². The highest BCUT2D eigenvalue weighted by molar-refractivity contribution is 7.89. The lowest BCUT2D eigenvalue weighted by Crippen LogP contribution is -2.30. The number of furan rings is 1. The molecule has 1 aromatic heterocycles. The molecule has 0 aliphatic carbocycles. The van der Waals surface area contributed by atoms with Gasteiger partial charge in [0, 0.05) is 13.1 Å². The summed E-state index contributed by atoms with van der Waals surface area (Å²) in [6.45, 7) is 5.41. The number of hydrogen-bond donors (Lipinski definition) is 1. The van der Waals surface area contributed by atoms with Crippen LogP contribution in [0.3, 0.4) is 0 Å². The van der Waals surface area contributed by atoms with E-state index >= 15 is 0 Å². The predicted octanol–water partition coefficient (Wildman–Crippen LogP) is 0.712. The van der Waals surface area contributed by atoms with Crippen molar-refractivity contribution < 1.29 is 17.6 Å². The molecule has 106 valence electrons. The van der Waals surface area contributed by atoms with Gasteiger partial charge < -0.3 is 9.32 Å². The predicted molar refractivity (Wildman–Crippen MR) is 69.5 cm³/mol. The van der Waals surface area contributed by atoms with Crippen LogP contribution in [-0.4, -0.2) is 45.8 Å². The molecule has 2 rings (SSSR count). The van der Waals surface area contributed by atoms with Crippen LogP contribution in [-0.2, 0) is 10.0 Å². The maximum Gasteiger partial charge on any atom is 0.273 e. The second kappa shape index (κ2) is 5.85. The van der Waals surface area contributed by atoms with E-state index in [2.05, 4.69) is 16.5 Å². The molecule has 1 fully saturated rings. The largest absolute Gasteiger partial charge is 0.440 e. The minimum absolute atomic E-state index is 0.0124. The SMILES string of the molecule is CCN1CCC(CNS(=O)(=O)c2ccc(C=O)o2)C1. The molecule has 0 bridgehead atoms. The first kappa shape index (κ1) is 14.2. The molecule has 1 N–H and O–H groups in total. The van der Waals surface area contributed by atoms with Gasteiger partial charge in [0.05, 0.1) is 0 Å². The number of rotatable bonds is 6. The zero-order chi connectivity index (χ0) is 13.9. The maximum atomic E-state index is 11.9. The molecule has 1 aliphatic heterocycles. The Balaban J connectivity index is 1.93. The van der Waals surface area contributed by atoms with Gasteiger partial charge in [-0.15, -0.1) is 0 Å². The maximum absolute atomic E-state index is 11.9. The van der Waals surface area contributed by atoms with E-state index in [0.717, 1.165) is 26.1 Å². The van der Waals surface area contributed by atoms with E-state index in [4.69, 9.17) is 4.42 Å². The van der Waals surface area contributed by atoms with Crippen LogP contribution in [0.5, 0.6) is 0 Å². The molecule has 1 aromatic rings. The zero-order valence-corrected chi connectivity index (χ0v) is 11.6. The van der Waals surface area contributed by atoms with Crippen LogP contribution in [0.2, 0.25) is 0 Å². The molecule has 0 spiro atoms. The van der Waals surface area contributed by atoms with Gasteiger partial charge in [-0.25, -0.2) is 13.1 Å². The van der Waals surface area contributed by atoms with Crippen molar-refractivity contribution in [2.75, 3.05) is 26.2 Å². The van der Waals surface area contributed by atoms with Crippen LogP contribution < -0.4 is 4.72 Å². The van der Waals surface area contributed by atoms with Crippen molar-refractivity contribution in [3.05, 3.63) is 17.9 Å². The topological polar surface area (TPSA) is 79.6 Å². The summed E-state index contributed by atoms with van der Waals surface area (Å²) in [7, 11) is -3.66. The quantitative estimate of drug-likeness (QED) is 0.779. The third-order valence-corrected chi connectivity index (χ3v) is 4.66. The number of carbonyl (C=O) groups excluding carboxylic acids is 1. The highest BCUT2D eigenvalue weighted by Crippen LogP contribution is 2.17. The average Bonchev–Trinajstić information content (AvgIpc) is 3.05. The highest BCUT2D eigenvalue weighted by atomic mass is 32.2. The number of aldehydes is 1. The van der Waals surface area contributed by atoms with Gasteiger partial charge in [0.2, 0.25) is 5.09 Å². The molecule has 0 aromatic carbocycles. The Bertz CT molecular complexity index is 538. The monoisotopic (exact) mass is 286 g/mol. The van der Waals surface area contributed by atoms with Gasteiger partial charge in [-0.05, 0) is 37.6 Å². The van der Waals surface area contributed by atoms with Crippen LogP contribution in [0.25, 0.3) is 0 Å². The van der Waals surface area contributed by atoms with Crippen molar-refractivity contribution in [3.8, 4) is 0 Å². The van der Waals surface area contributed by atoms with Crippen molar-refractivity contribution in [2.45, 2.75) is 18.4 Å². The number of likely N-dealkylation sites (tertiary alicyclic amines) is 1. The number of hydrogen-bond acceptors (Lipinski definition) is 5. The minimum Gasteiger partial charge on any atom is -0.440 e. The molecule has 0 radical (unpaired) electrons. The Morgan fingerprint density at radius 2 is 2.32 bits per heavy atom. The van der Waals surface area contributed by atoms with Gasteiger partial charge in [-0.1, -0.05) is 6.92 Å². The molecule has 1 saturated heterocycles. The van der Waals surface area contributed by atoms with Crippen LogP contribution >= 0.6 is 0 Å². The minimum atomic E-state index is -3.66. The first-order valence-electron chi connectivity index (χ1n) is 6.32. The Hall–Kier alpha value is -1.18. The number of nitrogens with one attached hydrogen (secondary N) is 1. The normalized spacial score (nSPS) is 20.8. The van der Waals surface area contributed by atoms with E-state index in [1.54, 1.807) is 0 Å². The van der Waals surface area contributed by atoms with Crippen molar-refractivity contribution in [1.29, 1.82) is 0 Å². The zero-order valence-electron chi connectivity index (χ0n) is 10.8. The second-order valence-corrected chi connectivity index (χ2v) is 6.37. The summed E-state index contributed by atoms with van der Waals surface area (Å²) in [6, 6.07) is 2.63. The summed E-state index contributed by atoms with van der Waals surface area (Å²) in [5.41, 5.74) is 0. The Morgan fingerprint density at radius 1 is 1.53 bits per heavy atom. The summed E-state index contributed by atoms with van der Waals surface area (Å²) in [4.78, 5) is 12.8. The van der Waals surface area contributed by atoms with E-state index in [1.807, 2.05) is 0 Å². The van der Waals surface area contributed by atoms with E-state index in [1.165, 1.54) is 12.1 Å². The molecular formula is C12H18N2O4S. The van der Waals surface area contributed by atoms with Gasteiger partial charge in [-0.3, -0.25) is 4.79 Å². The average molecular weight is 286 g/mol. The molecule has 2 heterocycles. The summed E-state index contributed by atoms with van der Waals surface area (Å²) < 4.78 is 31.3. The number of sulfonamides is 1. The van der Waals surface area contributed by atoms with Gasteiger partial charge in [-0.2, -0.15) is 0 Å². The first-order chi connectivity index (χ1) is 9.05. The van der Waals surface area contributed by atoms with Gasteiger partial charge in [0.25, 0.3) is 10.0 Å². The Kier molecular flexibility index (Phi) is 4.38. The van der Waals surface area contributed by atoms with Crippen LogP contribution in [0.1, 0.15) is 23.9 Å². The Labute approximate surface area is 112 Å². The van der Waals surface area contributed by atoms with Crippen LogP contribution in [0.15, 0.2) is 21.6 Å². The summed E-state index contributed by atoms with van der Waals surface area (Å²) in [6.07, 6.45) is 1.48. The van der Waals surface area contributed by atoms with E-state index in [-0.39, 0.29) is 10.9 Å². The van der Waals surface area contributed by atoms with E-state index in [9.17, 15) is 13.2 Å². The molecule has 1 unspecified atom stereocenters. The first-order valence-corrected chi connectivity index (χ1v) is 7.80. The van der Waals surface area contributed by atoms with Crippen molar-refractivity contribution >= 4 is 16.3 Å². The van der Waals surface area contributed by atoms with Crippen molar-refractivity contribution in [2.24, 2.45) is 5.92 Å². The molecule has 6 nitrogen and oxygen atoms in total.